The number of benzene rings is 2. The number of amides is 1. The van der Waals surface area contributed by atoms with Crippen LogP contribution in [0.3, 0.4) is 0 Å². The molecule has 3 aromatic rings. The number of nitrogens with one attached hydrogen (secondary N) is 1. The first-order chi connectivity index (χ1) is 12.9. The molecule has 0 unspecified atom stereocenters. The number of aryl methyl sites for hydroxylation is 1. The predicted molar refractivity (Wildman–Crippen MR) is 106 cm³/mol. The molecule has 1 heterocycles. The SMILES string of the molecule is CCc1c(C(=O)Nc2ccc(N(C)C)c(C)c2)cnn1-c1ccc(F)cc1. The highest BCUT2D eigenvalue weighted by atomic mass is 19.1. The van der Waals surface area contributed by atoms with Gasteiger partial charge in [0.1, 0.15) is 5.82 Å². The van der Waals surface area contributed by atoms with Crippen molar-refractivity contribution in [1.82, 2.24) is 9.78 Å². The summed E-state index contributed by atoms with van der Waals surface area (Å²) >= 11 is 0. The van der Waals surface area contributed by atoms with Gasteiger partial charge in [0.05, 0.1) is 23.1 Å². The molecule has 3 rings (SSSR count). The fourth-order valence-electron chi connectivity index (χ4n) is 3.14. The Morgan fingerprint density at radius 1 is 1.19 bits per heavy atom. The molecular weight excluding hydrogens is 343 g/mol. The lowest BCUT2D eigenvalue weighted by Crippen LogP contribution is -2.15. The number of carbonyl (C=O) groups excluding carboxylic acids is 1. The van der Waals surface area contributed by atoms with Gasteiger partial charge < -0.3 is 10.2 Å². The van der Waals surface area contributed by atoms with Crippen molar-refractivity contribution in [2.75, 3.05) is 24.3 Å². The van der Waals surface area contributed by atoms with E-state index in [4.69, 9.17) is 0 Å². The maximum atomic E-state index is 13.2. The van der Waals surface area contributed by atoms with Gasteiger partial charge in [-0.1, -0.05) is 6.92 Å². The number of carbonyl (C=O) groups is 1. The third-order valence-corrected chi connectivity index (χ3v) is 4.46. The van der Waals surface area contributed by atoms with E-state index in [2.05, 4.69) is 10.4 Å². The zero-order valence-corrected chi connectivity index (χ0v) is 16.0. The van der Waals surface area contributed by atoms with E-state index in [9.17, 15) is 9.18 Å². The second-order valence-electron chi connectivity index (χ2n) is 6.60. The van der Waals surface area contributed by atoms with Gasteiger partial charge in [0, 0.05) is 25.5 Å². The predicted octanol–water partition coefficient (Wildman–Crippen LogP) is 4.20. The van der Waals surface area contributed by atoms with Crippen LogP contribution >= 0.6 is 0 Å². The molecule has 0 bridgehead atoms. The average molecular weight is 366 g/mol. The minimum absolute atomic E-state index is 0.211. The van der Waals surface area contributed by atoms with E-state index in [1.54, 1.807) is 23.0 Å². The van der Waals surface area contributed by atoms with Crippen LogP contribution in [0.15, 0.2) is 48.7 Å². The van der Waals surface area contributed by atoms with Gasteiger partial charge in [0.25, 0.3) is 5.91 Å². The molecule has 0 saturated heterocycles. The molecule has 0 aliphatic heterocycles. The molecule has 2 aromatic carbocycles. The first-order valence-corrected chi connectivity index (χ1v) is 8.83. The molecule has 5 nitrogen and oxygen atoms in total. The highest BCUT2D eigenvalue weighted by Crippen LogP contribution is 2.23. The third-order valence-electron chi connectivity index (χ3n) is 4.46. The van der Waals surface area contributed by atoms with Crippen molar-refractivity contribution >= 4 is 17.3 Å². The van der Waals surface area contributed by atoms with Crippen molar-refractivity contribution in [2.45, 2.75) is 20.3 Å². The van der Waals surface area contributed by atoms with E-state index in [0.29, 0.717) is 12.0 Å². The Morgan fingerprint density at radius 3 is 2.48 bits per heavy atom. The summed E-state index contributed by atoms with van der Waals surface area (Å²) in [7, 11) is 3.97. The summed E-state index contributed by atoms with van der Waals surface area (Å²) in [4.78, 5) is 14.8. The summed E-state index contributed by atoms with van der Waals surface area (Å²) in [5.74, 6) is -0.518. The van der Waals surface area contributed by atoms with E-state index in [1.165, 1.54) is 12.1 Å². The fourth-order valence-corrected chi connectivity index (χ4v) is 3.14. The third kappa shape index (κ3) is 3.84. The largest absolute Gasteiger partial charge is 0.377 e. The van der Waals surface area contributed by atoms with Crippen LogP contribution < -0.4 is 10.2 Å². The van der Waals surface area contributed by atoms with Crippen LogP contribution in [0.5, 0.6) is 0 Å². The quantitative estimate of drug-likeness (QED) is 0.736. The number of anilines is 2. The molecule has 0 fully saturated rings. The van der Waals surface area contributed by atoms with Gasteiger partial charge in [0.2, 0.25) is 0 Å². The van der Waals surface area contributed by atoms with Gasteiger partial charge in [-0.25, -0.2) is 9.07 Å². The summed E-state index contributed by atoms with van der Waals surface area (Å²) in [6.45, 7) is 3.97. The zero-order valence-electron chi connectivity index (χ0n) is 16.0. The molecule has 1 amide bonds. The van der Waals surface area contributed by atoms with Crippen LogP contribution in [-0.2, 0) is 6.42 Å². The van der Waals surface area contributed by atoms with Crippen LogP contribution in [0.2, 0.25) is 0 Å². The van der Waals surface area contributed by atoms with E-state index in [1.807, 2.05) is 51.0 Å². The van der Waals surface area contributed by atoms with E-state index >= 15 is 0 Å². The van der Waals surface area contributed by atoms with Gasteiger partial charge in [0.15, 0.2) is 0 Å². The molecule has 1 N–H and O–H groups in total. The molecule has 0 aliphatic rings. The molecule has 6 heteroatoms. The Kier molecular flexibility index (Phi) is 5.26. The van der Waals surface area contributed by atoms with Gasteiger partial charge in [-0.15, -0.1) is 0 Å². The van der Waals surface area contributed by atoms with Crippen molar-refractivity contribution in [2.24, 2.45) is 0 Å². The van der Waals surface area contributed by atoms with E-state index in [-0.39, 0.29) is 11.7 Å². The summed E-state index contributed by atoms with van der Waals surface area (Å²) in [5, 5.41) is 7.27. The Labute approximate surface area is 158 Å². The average Bonchev–Trinajstić information content (AvgIpc) is 3.06. The Hall–Kier alpha value is -3.15. The van der Waals surface area contributed by atoms with E-state index in [0.717, 1.165) is 28.3 Å². The van der Waals surface area contributed by atoms with Crippen molar-refractivity contribution in [3.63, 3.8) is 0 Å². The molecule has 0 atom stereocenters. The number of rotatable bonds is 5. The molecule has 0 radical (unpaired) electrons. The van der Waals surface area contributed by atoms with Crippen LogP contribution in [0.4, 0.5) is 15.8 Å². The van der Waals surface area contributed by atoms with Crippen molar-refractivity contribution in [3.05, 3.63) is 71.3 Å². The Balaban J connectivity index is 1.87. The second-order valence-corrected chi connectivity index (χ2v) is 6.60. The number of hydrogen-bond acceptors (Lipinski definition) is 3. The molecule has 1 aromatic heterocycles. The van der Waals surface area contributed by atoms with Crippen molar-refractivity contribution in [3.8, 4) is 5.69 Å². The number of nitrogens with zero attached hydrogens (tertiary/aromatic N) is 3. The minimum Gasteiger partial charge on any atom is -0.377 e. The topological polar surface area (TPSA) is 50.2 Å². The summed E-state index contributed by atoms with van der Waals surface area (Å²) in [6, 6.07) is 11.9. The zero-order chi connectivity index (χ0) is 19.6. The molecule has 140 valence electrons. The molecule has 0 saturated carbocycles. The highest BCUT2D eigenvalue weighted by Gasteiger charge is 2.17. The monoisotopic (exact) mass is 366 g/mol. The molecule has 27 heavy (non-hydrogen) atoms. The van der Waals surface area contributed by atoms with Gasteiger partial charge >= 0.3 is 0 Å². The Morgan fingerprint density at radius 2 is 1.89 bits per heavy atom. The molecule has 0 aliphatic carbocycles. The number of hydrogen-bond donors (Lipinski definition) is 1. The van der Waals surface area contributed by atoms with Crippen molar-refractivity contribution in [1.29, 1.82) is 0 Å². The smallest absolute Gasteiger partial charge is 0.259 e. The van der Waals surface area contributed by atoms with E-state index < -0.39 is 0 Å². The molecule has 0 spiro atoms. The number of aromatic nitrogens is 2. The van der Waals surface area contributed by atoms with Crippen LogP contribution in [-0.4, -0.2) is 29.8 Å². The number of halogens is 1. The van der Waals surface area contributed by atoms with Crippen molar-refractivity contribution < 1.29 is 9.18 Å². The second kappa shape index (κ2) is 7.61. The summed E-state index contributed by atoms with van der Waals surface area (Å²) < 4.78 is 14.8. The normalized spacial score (nSPS) is 10.7. The lowest BCUT2D eigenvalue weighted by atomic mass is 10.1. The first-order valence-electron chi connectivity index (χ1n) is 8.83. The lowest BCUT2D eigenvalue weighted by Gasteiger charge is -2.16. The standard InChI is InChI=1S/C21H23FN4O/c1-5-19-18(13-23-26(19)17-9-6-15(22)7-10-17)21(27)24-16-8-11-20(25(3)4)14(2)12-16/h6-13H,5H2,1-4H3,(H,24,27). The maximum Gasteiger partial charge on any atom is 0.259 e. The van der Waals surface area contributed by atoms with Crippen LogP contribution in [0, 0.1) is 12.7 Å². The lowest BCUT2D eigenvalue weighted by molar-refractivity contribution is 0.102. The fraction of sp³-hybridized carbons (Fsp3) is 0.238. The van der Waals surface area contributed by atoms with Crippen LogP contribution in [0.1, 0.15) is 28.5 Å². The van der Waals surface area contributed by atoms with Gasteiger partial charge in [-0.05, 0) is 61.4 Å². The summed E-state index contributed by atoms with van der Waals surface area (Å²) in [6.07, 6.45) is 2.18. The minimum atomic E-state index is -0.307. The maximum absolute atomic E-state index is 13.2. The van der Waals surface area contributed by atoms with Gasteiger partial charge in [-0.2, -0.15) is 5.10 Å². The Bertz CT molecular complexity index is 961. The highest BCUT2D eigenvalue weighted by molar-refractivity contribution is 6.05. The van der Waals surface area contributed by atoms with Gasteiger partial charge in [-0.3, -0.25) is 4.79 Å². The summed E-state index contributed by atoms with van der Waals surface area (Å²) in [5.41, 5.74) is 4.93. The first kappa shape index (κ1) is 18.6. The molecular formula is C21H23FN4O. The van der Waals surface area contributed by atoms with Crippen LogP contribution in [0.25, 0.3) is 5.69 Å².